The zero-order valence-electron chi connectivity index (χ0n) is 18.8. The van der Waals surface area contributed by atoms with Crippen LogP contribution in [0, 0.1) is 23.7 Å². The summed E-state index contributed by atoms with van der Waals surface area (Å²) in [6.07, 6.45) is 7.57. The highest BCUT2D eigenvalue weighted by atomic mass is 17.3. The number of rotatable bonds is 2. The summed E-state index contributed by atoms with van der Waals surface area (Å²) in [4.78, 5) is 25.8. The van der Waals surface area contributed by atoms with E-state index in [0.29, 0.717) is 23.7 Å². The molecule has 31 heavy (non-hydrogen) atoms. The Labute approximate surface area is 184 Å². The fourth-order valence-corrected chi connectivity index (χ4v) is 6.93. The molecule has 6 aliphatic rings. The second kappa shape index (κ2) is 7.35. The molecule has 1 aromatic heterocycles. The Morgan fingerprint density at radius 1 is 0.968 bits per heavy atom. The lowest BCUT2D eigenvalue weighted by Gasteiger charge is -2.61. The van der Waals surface area contributed by atoms with Crippen LogP contribution in [-0.2, 0) is 19.2 Å². The number of anilines is 1. The van der Waals surface area contributed by atoms with Gasteiger partial charge in [-0.3, -0.25) is 4.90 Å². The highest BCUT2D eigenvalue weighted by Gasteiger charge is 2.69. The number of piperazine rings is 1. The third kappa shape index (κ3) is 3.06. The van der Waals surface area contributed by atoms with E-state index >= 15 is 0 Å². The van der Waals surface area contributed by atoms with Gasteiger partial charge in [0.05, 0.1) is 0 Å². The Kier molecular flexibility index (Phi) is 4.81. The highest BCUT2D eigenvalue weighted by Crippen LogP contribution is 2.60. The second-order valence-electron chi connectivity index (χ2n) is 10.4. The van der Waals surface area contributed by atoms with Crippen LogP contribution >= 0.6 is 0 Å². The van der Waals surface area contributed by atoms with Crippen molar-refractivity contribution in [2.24, 2.45) is 23.7 Å². The van der Waals surface area contributed by atoms with Gasteiger partial charge in [0, 0.05) is 56.8 Å². The molecule has 1 aromatic rings. The predicted molar refractivity (Wildman–Crippen MR) is 113 cm³/mol. The van der Waals surface area contributed by atoms with Crippen LogP contribution in [0.15, 0.2) is 18.5 Å². The van der Waals surface area contributed by atoms with Crippen LogP contribution in [0.2, 0.25) is 0 Å². The molecular weight excluding hydrogens is 396 g/mol. The zero-order valence-corrected chi connectivity index (χ0v) is 18.8. The summed E-state index contributed by atoms with van der Waals surface area (Å²) < 4.78 is 13.3. The molecule has 8 nitrogen and oxygen atoms in total. The molecule has 1 unspecified atom stereocenters. The predicted octanol–water partition coefficient (Wildman–Crippen LogP) is 2.81. The van der Waals surface area contributed by atoms with Crippen molar-refractivity contribution in [3.63, 3.8) is 0 Å². The van der Waals surface area contributed by atoms with Crippen LogP contribution in [0.1, 0.15) is 46.5 Å². The smallest absolute Gasteiger partial charge is 0.225 e. The standard InChI is InChI=1S/C23H34N4O4/c1-15-5-6-18-16(2)19(26-11-13-27(14-12-26)21-24-9-4-10-25-21)28-20-23(18)17(15)7-8-22(3,29-20)30-31-23/h4,9-10,15-20H,5-8,11-14H2,1-3H3/t15-,16-,17+,18?,19-,20+,22+,23-/m1/s1. The van der Waals surface area contributed by atoms with Gasteiger partial charge >= 0.3 is 0 Å². The van der Waals surface area contributed by atoms with E-state index in [-0.39, 0.29) is 12.5 Å². The van der Waals surface area contributed by atoms with Gasteiger partial charge in [-0.25, -0.2) is 19.7 Å². The summed E-state index contributed by atoms with van der Waals surface area (Å²) in [5.74, 6) is 1.82. The van der Waals surface area contributed by atoms with E-state index in [1.165, 1.54) is 6.42 Å². The lowest BCUT2D eigenvalue weighted by molar-refractivity contribution is -0.574. The number of hydrogen-bond donors (Lipinski definition) is 0. The molecule has 1 aliphatic carbocycles. The van der Waals surface area contributed by atoms with Crippen molar-refractivity contribution in [1.29, 1.82) is 0 Å². The summed E-state index contributed by atoms with van der Waals surface area (Å²) in [7, 11) is 0. The summed E-state index contributed by atoms with van der Waals surface area (Å²) in [5.41, 5.74) is -0.483. The van der Waals surface area contributed by atoms with E-state index in [9.17, 15) is 0 Å². The van der Waals surface area contributed by atoms with E-state index in [2.05, 4.69) is 33.6 Å². The van der Waals surface area contributed by atoms with Crippen LogP contribution < -0.4 is 4.90 Å². The monoisotopic (exact) mass is 430 g/mol. The minimum atomic E-state index is -0.716. The second-order valence-corrected chi connectivity index (χ2v) is 10.4. The number of aromatic nitrogens is 2. The van der Waals surface area contributed by atoms with Gasteiger partial charge in [-0.2, -0.15) is 0 Å². The highest BCUT2D eigenvalue weighted by molar-refractivity contribution is 5.29. The van der Waals surface area contributed by atoms with Crippen LogP contribution in [0.4, 0.5) is 5.95 Å². The summed E-state index contributed by atoms with van der Waals surface area (Å²) in [5, 5.41) is 0. The van der Waals surface area contributed by atoms with E-state index in [4.69, 9.17) is 19.2 Å². The van der Waals surface area contributed by atoms with Gasteiger partial charge in [0.2, 0.25) is 11.7 Å². The average molecular weight is 431 g/mol. The Balaban J connectivity index is 1.24. The third-order valence-electron chi connectivity index (χ3n) is 8.63. The van der Waals surface area contributed by atoms with Gasteiger partial charge in [0.25, 0.3) is 0 Å². The van der Waals surface area contributed by atoms with Crippen LogP contribution in [-0.4, -0.2) is 65.0 Å². The quantitative estimate of drug-likeness (QED) is 0.664. The van der Waals surface area contributed by atoms with E-state index in [1.54, 1.807) is 0 Å². The lowest BCUT2D eigenvalue weighted by atomic mass is 9.58. The van der Waals surface area contributed by atoms with Crippen LogP contribution in [0.3, 0.4) is 0 Å². The van der Waals surface area contributed by atoms with Crippen LogP contribution in [0.5, 0.6) is 0 Å². The molecule has 5 aliphatic heterocycles. The van der Waals surface area contributed by atoms with E-state index < -0.39 is 11.4 Å². The molecule has 6 fully saturated rings. The largest absolute Gasteiger partial charge is 0.338 e. The van der Waals surface area contributed by atoms with Crippen molar-refractivity contribution in [3.8, 4) is 0 Å². The van der Waals surface area contributed by atoms with Gasteiger partial charge < -0.3 is 14.4 Å². The van der Waals surface area contributed by atoms with Crippen molar-refractivity contribution in [2.75, 3.05) is 31.1 Å². The molecule has 1 saturated carbocycles. The molecule has 170 valence electrons. The van der Waals surface area contributed by atoms with Gasteiger partial charge in [0.15, 0.2) is 11.9 Å². The minimum absolute atomic E-state index is 0.0278. The first-order valence-electron chi connectivity index (χ1n) is 12.0. The Hall–Kier alpha value is -1.32. The van der Waals surface area contributed by atoms with Crippen molar-refractivity contribution in [2.45, 2.75) is 70.4 Å². The van der Waals surface area contributed by atoms with Crippen LogP contribution in [0.25, 0.3) is 0 Å². The molecule has 0 aromatic carbocycles. The lowest BCUT2D eigenvalue weighted by Crippen LogP contribution is -2.72. The normalized spacial score (nSPS) is 47.6. The Morgan fingerprint density at radius 3 is 2.52 bits per heavy atom. The number of hydrogen-bond acceptors (Lipinski definition) is 8. The molecule has 2 bridgehead atoms. The molecular formula is C23H34N4O4. The molecule has 8 atom stereocenters. The molecule has 5 saturated heterocycles. The summed E-state index contributed by atoms with van der Waals surface area (Å²) >= 11 is 0. The first-order valence-corrected chi connectivity index (χ1v) is 12.0. The molecule has 0 amide bonds. The first-order chi connectivity index (χ1) is 15.0. The fraction of sp³-hybridized carbons (Fsp3) is 0.826. The van der Waals surface area contributed by atoms with E-state index in [1.807, 2.05) is 25.4 Å². The maximum Gasteiger partial charge on any atom is 0.225 e. The van der Waals surface area contributed by atoms with Gasteiger partial charge in [-0.1, -0.05) is 13.8 Å². The SMILES string of the molecule is C[C@@H]1CCC2[C@@H](C)[C@H](N3CCN(c4ncccn4)CC3)O[C@H]3O[C@]4(C)CC[C@@H]1[C@@]23OO4. The molecule has 0 radical (unpaired) electrons. The minimum Gasteiger partial charge on any atom is -0.338 e. The molecule has 8 heteroatoms. The molecule has 7 rings (SSSR count). The van der Waals surface area contributed by atoms with Crippen molar-refractivity contribution in [3.05, 3.63) is 18.5 Å². The first kappa shape index (κ1) is 20.3. The number of ether oxygens (including phenoxy) is 2. The topological polar surface area (TPSA) is 69.2 Å². The Bertz CT molecular complexity index is 806. The van der Waals surface area contributed by atoms with Crippen molar-refractivity contribution in [1.82, 2.24) is 14.9 Å². The molecule has 1 spiro atoms. The van der Waals surface area contributed by atoms with Gasteiger partial charge in [0.1, 0.15) is 6.23 Å². The summed E-state index contributed by atoms with van der Waals surface area (Å²) in [6.45, 7) is 10.3. The maximum atomic E-state index is 6.79. The third-order valence-corrected chi connectivity index (χ3v) is 8.63. The molecule has 0 N–H and O–H groups in total. The average Bonchev–Trinajstić information content (AvgIpc) is 3.03. The number of fused-ring (bicyclic) bond motifs is 2. The molecule has 6 heterocycles. The van der Waals surface area contributed by atoms with Gasteiger partial charge in [-0.15, -0.1) is 0 Å². The Morgan fingerprint density at radius 2 is 1.74 bits per heavy atom. The van der Waals surface area contributed by atoms with Crippen molar-refractivity contribution < 1.29 is 19.2 Å². The summed E-state index contributed by atoms with van der Waals surface area (Å²) in [6, 6.07) is 1.86. The van der Waals surface area contributed by atoms with Gasteiger partial charge in [-0.05, 0) is 44.1 Å². The fourth-order valence-electron chi connectivity index (χ4n) is 6.93. The zero-order chi connectivity index (χ0) is 21.2. The maximum absolute atomic E-state index is 6.79. The number of nitrogens with zero attached hydrogens (tertiary/aromatic N) is 4. The van der Waals surface area contributed by atoms with E-state index in [0.717, 1.165) is 51.4 Å². The van der Waals surface area contributed by atoms with Crippen molar-refractivity contribution >= 4 is 5.95 Å².